The molecule has 1 aromatic rings. The van der Waals surface area contributed by atoms with Gasteiger partial charge in [0.05, 0.1) is 0 Å². The monoisotopic (exact) mass is 330 g/mol. The van der Waals surface area contributed by atoms with Crippen molar-refractivity contribution in [2.24, 2.45) is 13.0 Å². The fourth-order valence-corrected chi connectivity index (χ4v) is 5.07. The van der Waals surface area contributed by atoms with Gasteiger partial charge >= 0.3 is 0 Å². The molecular formula is C19H30N4O. The number of piperidine rings is 1. The topological polar surface area (TPSA) is 31.7 Å². The van der Waals surface area contributed by atoms with Crippen molar-refractivity contribution in [1.82, 2.24) is 19.3 Å². The number of aryl methyl sites for hydroxylation is 1. The molecule has 0 aromatic carbocycles. The Labute approximate surface area is 145 Å². The molecule has 24 heavy (non-hydrogen) atoms. The summed E-state index contributed by atoms with van der Waals surface area (Å²) in [4.78, 5) is 20.1. The molecule has 0 bridgehead atoms. The van der Waals surface area contributed by atoms with E-state index >= 15 is 0 Å². The second kappa shape index (κ2) is 6.52. The van der Waals surface area contributed by atoms with Crippen molar-refractivity contribution in [3.05, 3.63) is 24.0 Å². The quantitative estimate of drug-likeness (QED) is 0.845. The number of carbonyl (C=O) groups is 1. The van der Waals surface area contributed by atoms with Crippen molar-refractivity contribution in [3.8, 4) is 0 Å². The summed E-state index contributed by atoms with van der Waals surface area (Å²) in [5.74, 6) is 0.840. The zero-order valence-corrected chi connectivity index (χ0v) is 15.0. The highest BCUT2D eigenvalue weighted by atomic mass is 16.2. The Hall–Kier alpha value is -1.33. The third-order valence-electron chi connectivity index (χ3n) is 6.49. The van der Waals surface area contributed by atoms with Gasteiger partial charge in [-0.25, -0.2) is 0 Å². The van der Waals surface area contributed by atoms with E-state index in [1.807, 2.05) is 29.9 Å². The molecule has 3 saturated heterocycles. The Balaban J connectivity index is 1.40. The molecule has 4 rings (SSSR count). The summed E-state index contributed by atoms with van der Waals surface area (Å²) in [5.41, 5.74) is 0.813. The van der Waals surface area contributed by atoms with Gasteiger partial charge in [-0.2, -0.15) is 0 Å². The molecule has 3 aliphatic heterocycles. The number of likely N-dealkylation sites (tertiary alicyclic amines) is 3. The third-order valence-corrected chi connectivity index (χ3v) is 6.49. The molecule has 0 spiro atoms. The lowest BCUT2D eigenvalue weighted by molar-refractivity contribution is 0.0596. The molecule has 5 heteroatoms. The molecule has 1 aromatic heterocycles. The Morgan fingerprint density at radius 3 is 2.71 bits per heavy atom. The highest BCUT2D eigenvalue weighted by Gasteiger charge is 2.43. The molecule has 4 heterocycles. The van der Waals surface area contributed by atoms with Crippen molar-refractivity contribution in [2.45, 2.75) is 37.8 Å². The van der Waals surface area contributed by atoms with E-state index in [1.54, 1.807) is 0 Å². The molecule has 0 radical (unpaired) electrons. The van der Waals surface area contributed by atoms with E-state index in [9.17, 15) is 4.79 Å². The molecule has 132 valence electrons. The number of nitrogens with zero attached hydrogens (tertiary/aromatic N) is 4. The SMILES string of the molecule is CN1C2CCN(C(=O)c3cccn3C)CC2C[C@H]1CN1CCCC1. The second-order valence-corrected chi connectivity index (χ2v) is 7.93. The summed E-state index contributed by atoms with van der Waals surface area (Å²) < 4.78 is 1.94. The van der Waals surface area contributed by atoms with Crippen LogP contribution >= 0.6 is 0 Å². The van der Waals surface area contributed by atoms with Gasteiger partial charge < -0.3 is 14.4 Å². The van der Waals surface area contributed by atoms with Crippen molar-refractivity contribution in [3.63, 3.8) is 0 Å². The Morgan fingerprint density at radius 2 is 2.00 bits per heavy atom. The minimum Gasteiger partial charge on any atom is -0.347 e. The highest BCUT2D eigenvalue weighted by molar-refractivity contribution is 5.92. The van der Waals surface area contributed by atoms with Crippen LogP contribution in [0.3, 0.4) is 0 Å². The van der Waals surface area contributed by atoms with Gasteiger partial charge in [0.2, 0.25) is 0 Å². The first-order valence-electron chi connectivity index (χ1n) is 9.48. The van der Waals surface area contributed by atoms with Gasteiger partial charge in [-0.05, 0) is 63.9 Å². The minimum absolute atomic E-state index is 0.201. The first-order valence-corrected chi connectivity index (χ1v) is 9.48. The molecule has 5 nitrogen and oxygen atoms in total. The number of hydrogen-bond donors (Lipinski definition) is 0. The highest BCUT2D eigenvalue weighted by Crippen LogP contribution is 2.35. The molecule has 3 aliphatic rings. The Morgan fingerprint density at radius 1 is 1.21 bits per heavy atom. The number of fused-ring (bicyclic) bond motifs is 1. The summed E-state index contributed by atoms with van der Waals surface area (Å²) in [6.07, 6.45) is 7.04. The summed E-state index contributed by atoms with van der Waals surface area (Å²) in [6.45, 7) is 5.59. The van der Waals surface area contributed by atoms with Crippen molar-refractivity contribution < 1.29 is 4.79 Å². The molecule has 3 fully saturated rings. The van der Waals surface area contributed by atoms with Gasteiger partial charge in [-0.15, -0.1) is 0 Å². The molecule has 3 atom stereocenters. The van der Waals surface area contributed by atoms with Crippen LogP contribution in [0.15, 0.2) is 18.3 Å². The average molecular weight is 330 g/mol. The average Bonchev–Trinajstić information content (AvgIpc) is 3.29. The normalized spacial score (nSPS) is 31.6. The van der Waals surface area contributed by atoms with Crippen LogP contribution in [0, 0.1) is 5.92 Å². The van der Waals surface area contributed by atoms with E-state index in [4.69, 9.17) is 0 Å². The smallest absolute Gasteiger partial charge is 0.270 e. The van der Waals surface area contributed by atoms with Gasteiger partial charge in [0.15, 0.2) is 0 Å². The second-order valence-electron chi connectivity index (χ2n) is 7.93. The van der Waals surface area contributed by atoms with Crippen LogP contribution in [0.5, 0.6) is 0 Å². The van der Waals surface area contributed by atoms with E-state index < -0.39 is 0 Å². The minimum atomic E-state index is 0.201. The molecule has 1 amide bonds. The standard InChI is InChI=1S/C19H30N4O/c1-20-8-5-6-18(20)19(24)23-11-7-17-15(13-23)12-16(21(17)2)14-22-9-3-4-10-22/h5-6,8,15-17H,3-4,7,9-14H2,1-2H3/t15?,16-,17?/m0/s1. The largest absolute Gasteiger partial charge is 0.347 e. The zero-order chi connectivity index (χ0) is 16.7. The van der Waals surface area contributed by atoms with Gasteiger partial charge in [0, 0.05) is 45.0 Å². The fraction of sp³-hybridized carbons (Fsp3) is 0.737. The van der Waals surface area contributed by atoms with Gasteiger partial charge in [0.1, 0.15) is 5.69 Å². The predicted molar refractivity (Wildman–Crippen MR) is 95.1 cm³/mol. The number of carbonyl (C=O) groups excluding carboxylic acids is 1. The number of rotatable bonds is 3. The maximum absolute atomic E-state index is 12.8. The first kappa shape index (κ1) is 16.2. The van der Waals surface area contributed by atoms with E-state index in [0.717, 1.165) is 25.2 Å². The van der Waals surface area contributed by atoms with E-state index in [0.29, 0.717) is 18.0 Å². The molecule has 0 N–H and O–H groups in total. The lowest BCUT2D eigenvalue weighted by Crippen LogP contribution is -2.48. The van der Waals surface area contributed by atoms with Crippen LogP contribution in [-0.4, -0.2) is 77.0 Å². The number of hydrogen-bond acceptors (Lipinski definition) is 3. The summed E-state index contributed by atoms with van der Waals surface area (Å²) in [7, 11) is 4.26. The third kappa shape index (κ3) is 2.88. The van der Waals surface area contributed by atoms with Crippen molar-refractivity contribution >= 4 is 5.91 Å². The van der Waals surface area contributed by atoms with Crippen LogP contribution in [0.2, 0.25) is 0 Å². The van der Waals surface area contributed by atoms with Crippen LogP contribution in [0.1, 0.15) is 36.2 Å². The van der Waals surface area contributed by atoms with Gasteiger partial charge in [0.25, 0.3) is 5.91 Å². The molecule has 0 saturated carbocycles. The van der Waals surface area contributed by atoms with Gasteiger partial charge in [-0.1, -0.05) is 0 Å². The summed E-state index contributed by atoms with van der Waals surface area (Å²) >= 11 is 0. The predicted octanol–water partition coefficient (Wildman–Crippen LogP) is 1.66. The molecular weight excluding hydrogens is 300 g/mol. The van der Waals surface area contributed by atoms with E-state index in [2.05, 4.69) is 21.7 Å². The fourth-order valence-electron chi connectivity index (χ4n) is 5.07. The molecule has 0 aliphatic carbocycles. The van der Waals surface area contributed by atoms with Gasteiger partial charge in [-0.3, -0.25) is 9.69 Å². The number of likely N-dealkylation sites (N-methyl/N-ethyl adjacent to an activating group) is 1. The summed E-state index contributed by atoms with van der Waals surface area (Å²) in [5, 5.41) is 0. The first-order chi connectivity index (χ1) is 11.6. The number of amides is 1. The van der Waals surface area contributed by atoms with Crippen LogP contribution in [-0.2, 0) is 7.05 Å². The maximum Gasteiger partial charge on any atom is 0.270 e. The van der Waals surface area contributed by atoms with Crippen LogP contribution in [0.25, 0.3) is 0 Å². The maximum atomic E-state index is 12.8. The Bertz CT molecular complexity index is 592. The van der Waals surface area contributed by atoms with Crippen molar-refractivity contribution in [1.29, 1.82) is 0 Å². The van der Waals surface area contributed by atoms with E-state index in [-0.39, 0.29) is 5.91 Å². The number of aromatic nitrogens is 1. The lowest BCUT2D eigenvalue weighted by atomic mass is 9.92. The van der Waals surface area contributed by atoms with Crippen molar-refractivity contribution in [2.75, 3.05) is 39.8 Å². The summed E-state index contributed by atoms with van der Waals surface area (Å²) in [6, 6.07) is 5.22. The lowest BCUT2D eigenvalue weighted by Gasteiger charge is -2.37. The Kier molecular flexibility index (Phi) is 4.39. The van der Waals surface area contributed by atoms with Crippen LogP contribution in [0.4, 0.5) is 0 Å². The van der Waals surface area contributed by atoms with E-state index in [1.165, 1.54) is 38.9 Å². The van der Waals surface area contributed by atoms with Crippen LogP contribution < -0.4 is 0 Å². The zero-order valence-electron chi connectivity index (χ0n) is 15.0. The molecule has 2 unspecified atom stereocenters.